The van der Waals surface area contributed by atoms with Crippen LogP contribution in [0.1, 0.15) is 43.8 Å². The van der Waals surface area contributed by atoms with E-state index < -0.39 is 69.8 Å². The zero-order valence-electron chi connectivity index (χ0n) is 21.8. The Bertz CT molecular complexity index is 1660. The molecule has 244 valence electrons. The maximum atomic E-state index is 12.8. The van der Waals surface area contributed by atoms with Crippen LogP contribution in [0, 0.1) is 13.1 Å². The Labute approximate surface area is 245 Å². The molecule has 2 atom stereocenters. The summed E-state index contributed by atoms with van der Waals surface area (Å²) in [6, 6.07) is 4.52. The lowest BCUT2D eigenvalue weighted by Gasteiger charge is -2.24. The number of aromatic amines is 2. The van der Waals surface area contributed by atoms with Crippen LogP contribution in [0.4, 0.5) is 64.1 Å². The third-order valence-corrected chi connectivity index (χ3v) is 6.48. The zero-order chi connectivity index (χ0) is 33.8. The van der Waals surface area contributed by atoms with E-state index in [-0.39, 0.29) is 29.2 Å². The average Bonchev–Trinajstić information content (AvgIpc) is 3.49. The predicted molar refractivity (Wildman–Crippen MR) is 137 cm³/mol. The van der Waals surface area contributed by atoms with Gasteiger partial charge in [0.15, 0.2) is 22.6 Å². The van der Waals surface area contributed by atoms with Gasteiger partial charge in [-0.05, 0) is 61.0 Å². The molecule has 0 saturated heterocycles. The molecule has 0 bridgehead atoms. The Morgan fingerprint density at radius 2 is 0.844 bits per heavy atom. The maximum absolute atomic E-state index is 12.8. The van der Waals surface area contributed by atoms with Gasteiger partial charge in [-0.15, -0.1) is 0 Å². The third kappa shape index (κ3) is 6.97. The minimum atomic E-state index is -5.01. The Hall–Kier alpha value is -4.42. The van der Waals surface area contributed by atoms with Crippen LogP contribution in [-0.2, 0) is 23.6 Å². The number of nitrogens with one attached hydrogen (secondary N) is 2. The Balaban J connectivity index is 0.000000307. The van der Waals surface area contributed by atoms with Gasteiger partial charge in [0.25, 0.3) is 0 Å². The summed E-state index contributed by atoms with van der Waals surface area (Å²) < 4.78 is 153. The minimum absolute atomic E-state index is 0. The van der Waals surface area contributed by atoms with Crippen molar-refractivity contribution < 1.29 is 62.9 Å². The van der Waals surface area contributed by atoms with Crippen molar-refractivity contribution in [2.24, 2.45) is 0 Å². The monoisotopic (exact) mass is 660 g/mol. The van der Waals surface area contributed by atoms with Crippen LogP contribution < -0.4 is 0 Å². The number of fused-ring (bicyclic) bond motifs is 2. The lowest BCUT2D eigenvalue weighted by molar-refractivity contribution is -0.260. The van der Waals surface area contributed by atoms with E-state index >= 15 is 0 Å². The predicted octanol–water partition coefficient (Wildman–Crippen LogP) is 9.65. The minimum Gasteiger partial charge on any atom is -0.375 e. The first-order valence-corrected chi connectivity index (χ1v) is 11.6. The molecule has 2 aromatic heterocycles. The molecule has 0 fully saturated rings. The van der Waals surface area contributed by atoms with Gasteiger partial charge < -0.3 is 20.2 Å². The molecule has 0 aliphatic heterocycles. The third-order valence-electron chi connectivity index (χ3n) is 6.48. The van der Waals surface area contributed by atoms with Crippen LogP contribution >= 0.6 is 0 Å². The second-order valence-electron chi connectivity index (χ2n) is 9.64. The van der Waals surface area contributed by atoms with Gasteiger partial charge in [0.05, 0.1) is 35.7 Å². The quantitative estimate of drug-likeness (QED) is 0.128. The highest BCUT2D eigenvalue weighted by atomic mass is 19.4. The summed E-state index contributed by atoms with van der Waals surface area (Å²) in [5, 5.41) is 19.0. The molecule has 18 heteroatoms. The van der Waals surface area contributed by atoms with Crippen molar-refractivity contribution in [3.8, 4) is 0 Å². The first-order chi connectivity index (χ1) is 19.8. The second kappa shape index (κ2) is 11.5. The number of alkyl halides is 12. The number of benzene rings is 2. The van der Waals surface area contributed by atoms with Gasteiger partial charge in [-0.2, -0.15) is 52.7 Å². The van der Waals surface area contributed by atoms with Gasteiger partial charge in [-0.3, -0.25) is 0 Å². The number of halogens is 12. The Morgan fingerprint density at radius 1 is 0.556 bits per heavy atom. The van der Waals surface area contributed by atoms with E-state index in [1.807, 2.05) is 0 Å². The molecule has 0 aliphatic rings. The summed E-state index contributed by atoms with van der Waals surface area (Å²) in [7, 11) is 0. The molecule has 4 N–H and O–H groups in total. The molecule has 0 aliphatic carbocycles. The first kappa shape index (κ1) is 36.8. The SMILES string of the molecule is C.[C-]#[N+]c1cc2cc(C(C)(O)C(F)(F)F)[nH]c2cc1C(F)(F)F.[C-]#[N+]c1cc2cc(C(C)(O)C(F)(F)F)[nH]c2cc1C(F)(F)F. The fourth-order valence-corrected chi connectivity index (χ4v) is 3.81. The van der Waals surface area contributed by atoms with Crippen molar-refractivity contribution in [1.82, 2.24) is 9.97 Å². The van der Waals surface area contributed by atoms with Crippen LogP contribution in [0.15, 0.2) is 36.4 Å². The number of aliphatic hydroxyl groups is 2. The fourth-order valence-electron chi connectivity index (χ4n) is 3.81. The fraction of sp³-hybridized carbons (Fsp3) is 0.333. The van der Waals surface area contributed by atoms with E-state index in [4.69, 9.17) is 13.1 Å². The van der Waals surface area contributed by atoms with Crippen LogP contribution in [0.3, 0.4) is 0 Å². The van der Waals surface area contributed by atoms with Crippen LogP contribution in [0.25, 0.3) is 31.5 Å². The summed E-state index contributed by atoms with van der Waals surface area (Å²) in [5.74, 6) is 0. The molecular weight excluding hydrogens is 640 g/mol. The molecule has 2 heterocycles. The standard InChI is InChI=1S/2C13H8F6N2O.CH4/c2*1-11(22,13(17,18)19)10-4-6-3-9(20-2)7(12(14,15)16)5-8(6)21-10;/h2*3-5,21-22H,1H3;1H4. The van der Waals surface area contributed by atoms with Crippen LogP contribution in [-0.4, -0.2) is 32.5 Å². The van der Waals surface area contributed by atoms with E-state index in [0.29, 0.717) is 26.0 Å². The van der Waals surface area contributed by atoms with Crippen LogP contribution in [0.5, 0.6) is 0 Å². The van der Waals surface area contributed by atoms with Crippen molar-refractivity contribution in [3.63, 3.8) is 0 Å². The number of rotatable bonds is 2. The van der Waals surface area contributed by atoms with Gasteiger partial charge >= 0.3 is 24.7 Å². The number of hydrogen-bond donors (Lipinski definition) is 4. The van der Waals surface area contributed by atoms with Crippen molar-refractivity contribution in [2.45, 2.75) is 57.2 Å². The highest BCUT2D eigenvalue weighted by Crippen LogP contribution is 2.44. The summed E-state index contributed by atoms with van der Waals surface area (Å²) in [6.07, 6.45) is -19.6. The molecule has 2 unspecified atom stereocenters. The molecule has 4 rings (SSSR count). The highest BCUT2D eigenvalue weighted by Gasteiger charge is 2.53. The molecule has 6 nitrogen and oxygen atoms in total. The Kier molecular flexibility index (Phi) is 9.40. The molecule has 0 spiro atoms. The Morgan fingerprint density at radius 3 is 1.07 bits per heavy atom. The molecule has 0 radical (unpaired) electrons. The second-order valence-corrected chi connectivity index (χ2v) is 9.64. The summed E-state index contributed by atoms with van der Waals surface area (Å²) >= 11 is 0. The molecule has 2 aromatic carbocycles. The largest absolute Gasteiger partial charge is 0.422 e. The zero-order valence-corrected chi connectivity index (χ0v) is 21.8. The average molecular weight is 660 g/mol. The van der Waals surface area contributed by atoms with Crippen molar-refractivity contribution >= 4 is 33.2 Å². The van der Waals surface area contributed by atoms with E-state index in [1.54, 1.807) is 0 Å². The van der Waals surface area contributed by atoms with E-state index in [9.17, 15) is 62.9 Å². The maximum Gasteiger partial charge on any atom is 0.422 e. The molecule has 0 saturated carbocycles. The highest BCUT2D eigenvalue weighted by molar-refractivity contribution is 5.87. The van der Waals surface area contributed by atoms with Crippen molar-refractivity contribution in [1.29, 1.82) is 0 Å². The first-order valence-electron chi connectivity index (χ1n) is 11.6. The lowest BCUT2D eigenvalue weighted by atomic mass is 10.0. The van der Waals surface area contributed by atoms with E-state index in [0.717, 1.165) is 24.3 Å². The normalized spacial score (nSPS) is 15.2. The smallest absolute Gasteiger partial charge is 0.375 e. The molecule has 45 heavy (non-hydrogen) atoms. The topological polar surface area (TPSA) is 80.8 Å². The van der Waals surface area contributed by atoms with Crippen molar-refractivity contribution in [3.05, 3.63) is 81.7 Å². The number of nitrogens with zero attached hydrogens (tertiary/aromatic N) is 2. The van der Waals surface area contributed by atoms with Gasteiger partial charge in [-0.1, -0.05) is 7.43 Å². The number of hydrogen-bond acceptors (Lipinski definition) is 2. The van der Waals surface area contributed by atoms with E-state index in [2.05, 4.69) is 19.7 Å². The number of H-pyrrole nitrogens is 2. The summed E-state index contributed by atoms with van der Waals surface area (Å²) in [4.78, 5) is 9.74. The molecule has 0 amide bonds. The van der Waals surface area contributed by atoms with Gasteiger partial charge in [0.2, 0.25) is 0 Å². The molecular formula is C27H20F12N4O2. The summed E-state index contributed by atoms with van der Waals surface area (Å²) in [5.41, 5.74) is -12.4. The van der Waals surface area contributed by atoms with Gasteiger partial charge in [0.1, 0.15) is 0 Å². The van der Waals surface area contributed by atoms with E-state index in [1.165, 1.54) is 0 Å². The molecule has 4 aromatic rings. The lowest BCUT2D eigenvalue weighted by Crippen LogP contribution is -2.39. The summed E-state index contributed by atoms with van der Waals surface area (Å²) in [6.45, 7) is 14.5. The van der Waals surface area contributed by atoms with Gasteiger partial charge in [-0.25, -0.2) is 9.69 Å². The van der Waals surface area contributed by atoms with Crippen LogP contribution in [0.2, 0.25) is 0 Å². The van der Waals surface area contributed by atoms with Crippen molar-refractivity contribution in [2.75, 3.05) is 0 Å². The van der Waals surface area contributed by atoms with Gasteiger partial charge in [0, 0.05) is 11.0 Å². The number of aromatic nitrogens is 2.